The Hall–Kier alpha value is -6.85. The largest absolute Gasteiger partial charge is 0.456 e. The van der Waals surface area contributed by atoms with E-state index < -0.39 is 0 Å². The van der Waals surface area contributed by atoms with E-state index in [0.717, 1.165) is 77.3 Å². The standard InChI is InChI=1S/C45H27N3O2/c1-4-11-28(12-5-1)31-20-23-39-37(25-31)42-34(17-10-18-40(42)49-39)32-21-24-38-36(26-32)35-22-19-33(27-41(35)50-38)45-47-43(29-13-6-2-7-14-29)46-44(48-45)30-15-8-3-9-16-30/h1-27H. The van der Waals surface area contributed by atoms with Crippen LogP contribution in [0.25, 0.3) is 100 Å². The number of benzene rings is 7. The lowest BCUT2D eigenvalue weighted by molar-refractivity contribution is 0.669. The van der Waals surface area contributed by atoms with Gasteiger partial charge in [-0.05, 0) is 64.7 Å². The predicted molar refractivity (Wildman–Crippen MR) is 202 cm³/mol. The predicted octanol–water partition coefficient (Wildman–Crippen LogP) is 12.0. The summed E-state index contributed by atoms with van der Waals surface area (Å²) in [5.41, 5.74) is 10.6. The molecule has 5 nitrogen and oxygen atoms in total. The Balaban J connectivity index is 1.09. The van der Waals surface area contributed by atoms with Gasteiger partial charge in [-0.3, -0.25) is 0 Å². The van der Waals surface area contributed by atoms with Gasteiger partial charge in [-0.1, -0.05) is 121 Å². The quantitative estimate of drug-likeness (QED) is 0.187. The Labute approximate surface area is 287 Å². The molecule has 0 radical (unpaired) electrons. The van der Waals surface area contributed by atoms with E-state index in [1.165, 1.54) is 5.56 Å². The number of rotatable bonds is 5. The van der Waals surface area contributed by atoms with Gasteiger partial charge in [0.1, 0.15) is 22.3 Å². The highest BCUT2D eigenvalue weighted by Gasteiger charge is 2.17. The SMILES string of the molecule is c1ccc(-c2ccc3oc4cccc(-c5ccc6oc7cc(-c8nc(-c9ccccc9)nc(-c9ccccc9)n8)ccc7c6c5)c4c3c2)cc1. The van der Waals surface area contributed by atoms with Crippen molar-refractivity contribution in [1.82, 2.24) is 15.0 Å². The van der Waals surface area contributed by atoms with Gasteiger partial charge >= 0.3 is 0 Å². The maximum atomic E-state index is 6.45. The fraction of sp³-hybridized carbons (Fsp3) is 0. The zero-order chi connectivity index (χ0) is 33.0. The summed E-state index contributed by atoms with van der Waals surface area (Å²) in [6.07, 6.45) is 0. The third-order valence-electron chi connectivity index (χ3n) is 9.34. The van der Waals surface area contributed by atoms with E-state index in [1.807, 2.05) is 78.9 Å². The molecule has 50 heavy (non-hydrogen) atoms. The van der Waals surface area contributed by atoms with Crippen molar-refractivity contribution < 1.29 is 8.83 Å². The van der Waals surface area contributed by atoms with Crippen LogP contribution in [0.2, 0.25) is 0 Å². The zero-order valence-electron chi connectivity index (χ0n) is 26.7. The third kappa shape index (κ3) is 4.75. The van der Waals surface area contributed by atoms with Crippen LogP contribution in [-0.2, 0) is 0 Å². The number of hydrogen-bond acceptors (Lipinski definition) is 5. The molecule has 0 spiro atoms. The van der Waals surface area contributed by atoms with Gasteiger partial charge in [0.15, 0.2) is 17.5 Å². The Kier molecular flexibility index (Phi) is 6.42. The van der Waals surface area contributed by atoms with Crippen molar-refractivity contribution in [3.8, 4) is 56.4 Å². The first kappa shape index (κ1) is 28.2. The molecule has 10 rings (SSSR count). The normalized spacial score (nSPS) is 11.6. The van der Waals surface area contributed by atoms with Crippen molar-refractivity contribution in [2.75, 3.05) is 0 Å². The van der Waals surface area contributed by atoms with Crippen molar-refractivity contribution in [3.05, 3.63) is 164 Å². The van der Waals surface area contributed by atoms with Crippen LogP contribution in [0.4, 0.5) is 0 Å². The summed E-state index contributed by atoms with van der Waals surface area (Å²) in [5.74, 6) is 1.84. The van der Waals surface area contributed by atoms with Gasteiger partial charge in [0.05, 0.1) is 0 Å². The molecule has 0 bridgehead atoms. The van der Waals surface area contributed by atoms with Gasteiger partial charge in [-0.2, -0.15) is 0 Å². The number of nitrogens with zero attached hydrogens (tertiary/aromatic N) is 3. The highest BCUT2D eigenvalue weighted by atomic mass is 16.3. The van der Waals surface area contributed by atoms with E-state index in [4.69, 9.17) is 23.8 Å². The lowest BCUT2D eigenvalue weighted by Crippen LogP contribution is -2.00. The van der Waals surface area contributed by atoms with Crippen molar-refractivity contribution in [2.45, 2.75) is 0 Å². The summed E-state index contributed by atoms with van der Waals surface area (Å²) in [4.78, 5) is 14.7. The minimum atomic E-state index is 0.592. The third-order valence-corrected chi connectivity index (χ3v) is 9.34. The second-order valence-electron chi connectivity index (χ2n) is 12.4. The van der Waals surface area contributed by atoms with Gasteiger partial charge in [0, 0.05) is 38.2 Å². The van der Waals surface area contributed by atoms with Crippen molar-refractivity contribution in [1.29, 1.82) is 0 Å². The van der Waals surface area contributed by atoms with Crippen molar-refractivity contribution >= 4 is 43.9 Å². The van der Waals surface area contributed by atoms with Crippen molar-refractivity contribution in [3.63, 3.8) is 0 Å². The van der Waals surface area contributed by atoms with Crippen molar-refractivity contribution in [2.24, 2.45) is 0 Å². The molecule has 0 amide bonds. The van der Waals surface area contributed by atoms with Gasteiger partial charge < -0.3 is 8.83 Å². The Morgan fingerprint density at radius 1 is 0.300 bits per heavy atom. The molecule has 0 atom stereocenters. The van der Waals surface area contributed by atoms with Gasteiger partial charge in [0.25, 0.3) is 0 Å². The Morgan fingerprint density at radius 2 is 0.840 bits per heavy atom. The summed E-state index contributed by atoms with van der Waals surface area (Å²) in [7, 11) is 0. The summed E-state index contributed by atoms with van der Waals surface area (Å²) < 4.78 is 12.8. The molecule has 0 aliphatic carbocycles. The second-order valence-corrected chi connectivity index (χ2v) is 12.4. The zero-order valence-corrected chi connectivity index (χ0v) is 26.7. The van der Waals surface area contributed by atoms with Gasteiger partial charge in [0.2, 0.25) is 0 Å². The van der Waals surface area contributed by atoms with Crippen LogP contribution < -0.4 is 0 Å². The lowest BCUT2D eigenvalue weighted by Gasteiger charge is -2.08. The molecule has 10 aromatic rings. The molecule has 0 aliphatic rings. The van der Waals surface area contributed by atoms with Crippen LogP contribution in [0.3, 0.4) is 0 Å². The van der Waals surface area contributed by atoms with E-state index in [1.54, 1.807) is 0 Å². The topological polar surface area (TPSA) is 65.0 Å². The molecule has 0 saturated heterocycles. The van der Waals surface area contributed by atoms with E-state index in [-0.39, 0.29) is 0 Å². The maximum absolute atomic E-state index is 6.45. The molecule has 5 heteroatoms. The lowest BCUT2D eigenvalue weighted by atomic mass is 9.96. The highest BCUT2D eigenvalue weighted by Crippen LogP contribution is 2.41. The average molecular weight is 642 g/mol. The fourth-order valence-electron chi connectivity index (χ4n) is 6.90. The van der Waals surface area contributed by atoms with E-state index in [0.29, 0.717) is 17.5 Å². The van der Waals surface area contributed by atoms with Crippen LogP contribution in [0.15, 0.2) is 173 Å². The van der Waals surface area contributed by atoms with Crippen LogP contribution in [-0.4, -0.2) is 15.0 Å². The molecule has 7 aromatic carbocycles. The summed E-state index contributed by atoms with van der Waals surface area (Å²) in [6.45, 7) is 0. The average Bonchev–Trinajstić information content (AvgIpc) is 3.76. The first-order chi connectivity index (χ1) is 24.7. The highest BCUT2D eigenvalue weighted by molar-refractivity contribution is 6.15. The minimum Gasteiger partial charge on any atom is -0.456 e. The number of aromatic nitrogens is 3. The summed E-state index contributed by atoms with van der Waals surface area (Å²) in [5, 5.41) is 4.28. The van der Waals surface area contributed by atoms with Crippen LogP contribution in [0, 0.1) is 0 Å². The number of fused-ring (bicyclic) bond motifs is 6. The molecule has 0 saturated carbocycles. The molecule has 3 heterocycles. The Bertz CT molecular complexity index is 2800. The molecule has 0 aliphatic heterocycles. The molecule has 0 fully saturated rings. The second kappa shape index (κ2) is 11.4. The molecule has 0 unspecified atom stereocenters. The number of hydrogen-bond donors (Lipinski definition) is 0. The first-order valence-electron chi connectivity index (χ1n) is 16.6. The van der Waals surface area contributed by atoms with Crippen LogP contribution >= 0.6 is 0 Å². The monoisotopic (exact) mass is 641 g/mol. The van der Waals surface area contributed by atoms with E-state index >= 15 is 0 Å². The maximum Gasteiger partial charge on any atom is 0.164 e. The molecular formula is C45H27N3O2. The molecule has 0 N–H and O–H groups in total. The minimum absolute atomic E-state index is 0.592. The summed E-state index contributed by atoms with van der Waals surface area (Å²) >= 11 is 0. The fourth-order valence-corrected chi connectivity index (χ4v) is 6.90. The number of furan rings is 2. The molecular weight excluding hydrogens is 615 g/mol. The smallest absolute Gasteiger partial charge is 0.164 e. The van der Waals surface area contributed by atoms with Crippen LogP contribution in [0.5, 0.6) is 0 Å². The Morgan fingerprint density at radius 3 is 1.52 bits per heavy atom. The van der Waals surface area contributed by atoms with Crippen LogP contribution in [0.1, 0.15) is 0 Å². The first-order valence-corrected chi connectivity index (χ1v) is 16.6. The van der Waals surface area contributed by atoms with E-state index in [2.05, 4.69) is 84.9 Å². The summed E-state index contributed by atoms with van der Waals surface area (Å²) in [6, 6.07) is 55.8. The van der Waals surface area contributed by atoms with E-state index in [9.17, 15) is 0 Å². The van der Waals surface area contributed by atoms with Gasteiger partial charge in [-0.25, -0.2) is 15.0 Å². The molecule has 234 valence electrons. The van der Waals surface area contributed by atoms with Gasteiger partial charge in [-0.15, -0.1) is 0 Å². The molecule has 3 aromatic heterocycles.